The van der Waals surface area contributed by atoms with Crippen LogP contribution in [0.1, 0.15) is 55.6 Å². The molecule has 3 rings (SSSR count). The summed E-state index contributed by atoms with van der Waals surface area (Å²) >= 11 is 0. The van der Waals surface area contributed by atoms with Crippen molar-refractivity contribution >= 4 is 18.1 Å². The van der Waals surface area contributed by atoms with Gasteiger partial charge in [-0.25, -0.2) is 4.79 Å². The Bertz CT molecular complexity index is 924. The van der Waals surface area contributed by atoms with Gasteiger partial charge in [-0.1, -0.05) is 0 Å². The quantitative estimate of drug-likeness (QED) is 0.696. The number of ether oxygens (including phenoxy) is 2. The molecule has 0 saturated heterocycles. The second-order valence-corrected chi connectivity index (χ2v) is 7.62. The van der Waals surface area contributed by atoms with Crippen LogP contribution in [-0.4, -0.2) is 34.6 Å². The molecule has 0 radical (unpaired) electrons. The number of carbonyl (C=O) groups excluding carboxylic acids is 2. The van der Waals surface area contributed by atoms with Gasteiger partial charge in [-0.2, -0.15) is 8.78 Å². The molecule has 0 spiro atoms. The van der Waals surface area contributed by atoms with Gasteiger partial charge in [-0.05, 0) is 39.7 Å². The maximum absolute atomic E-state index is 12.9. The third kappa shape index (κ3) is 5.24. The highest BCUT2D eigenvalue weighted by Crippen LogP contribution is 2.42. The Morgan fingerprint density at radius 2 is 2.03 bits per heavy atom. The first-order valence-corrected chi connectivity index (χ1v) is 9.07. The highest BCUT2D eigenvalue weighted by atomic mass is 19.3. The van der Waals surface area contributed by atoms with Crippen molar-refractivity contribution in [1.82, 2.24) is 9.97 Å². The minimum absolute atomic E-state index is 0.00144. The van der Waals surface area contributed by atoms with Crippen molar-refractivity contribution < 1.29 is 27.8 Å². The number of aromatic nitrogens is 2. The minimum Gasteiger partial charge on any atom is -0.444 e. The fourth-order valence-corrected chi connectivity index (χ4v) is 2.76. The fraction of sp³-hybridized carbons (Fsp3) is 0.400. The smallest absolute Gasteiger partial charge is 0.412 e. The molecule has 29 heavy (non-hydrogen) atoms. The third-order valence-electron chi connectivity index (χ3n) is 4.10. The molecule has 1 aliphatic rings. The van der Waals surface area contributed by atoms with Crippen LogP contribution < -0.4 is 10.1 Å². The molecule has 2 aromatic rings. The Morgan fingerprint density at radius 1 is 1.31 bits per heavy atom. The molecule has 1 N–H and O–H groups in total. The average molecular weight is 405 g/mol. The van der Waals surface area contributed by atoms with Gasteiger partial charge in [-0.3, -0.25) is 20.1 Å². The molecule has 0 aromatic carbocycles. The number of halogens is 2. The van der Waals surface area contributed by atoms with Gasteiger partial charge < -0.3 is 9.47 Å². The number of nitrogens with one attached hydrogen (secondary N) is 1. The molecule has 9 heteroatoms. The van der Waals surface area contributed by atoms with Crippen LogP contribution in [0, 0.1) is 0 Å². The van der Waals surface area contributed by atoms with Crippen LogP contribution in [0.3, 0.4) is 0 Å². The molecule has 0 unspecified atom stereocenters. The standard InChI is InChI=1S/C20H21F2N3O4/c1-20(2,3)29-19(27)25-14-6-7-23-17(13(14)10-26)12-9-24-15(11-4-5-11)8-16(12)28-18(21)22/h6-11,18H,4-5H2,1-3H3,(H,23,25,27). The largest absolute Gasteiger partial charge is 0.444 e. The molecule has 1 saturated carbocycles. The van der Waals surface area contributed by atoms with Crippen molar-refractivity contribution in [1.29, 1.82) is 0 Å². The maximum atomic E-state index is 12.9. The lowest BCUT2D eigenvalue weighted by Crippen LogP contribution is -2.27. The average Bonchev–Trinajstić information content (AvgIpc) is 3.44. The fourth-order valence-electron chi connectivity index (χ4n) is 2.76. The van der Waals surface area contributed by atoms with Crippen LogP contribution in [0.2, 0.25) is 0 Å². The van der Waals surface area contributed by atoms with E-state index in [9.17, 15) is 18.4 Å². The van der Waals surface area contributed by atoms with Gasteiger partial charge in [0.2, 0.25) is 0 Å². The first-order valence-electron chi connectivity index (χ1n) is 9.07. The second kappa shape index (κ2) is 8.10. The van der Waals surface area contributed by atoms with Crippen molar-refractivity contribution in [3.8, 4) is 17.0 Å². The zero-order valence-corrected chi connectivity index (χ0v) is 16.2. The molecule has 1 fully saturated rings. The first-order chi connectivity index (χ1) is 13.7. The maximum Gasteiger partial charge on any atom is 0.412 e. The Balaban J connectivity index is 2.00. The number of amides is 1. The summed E-state index contributed by atoms with van der Waals surface area (Å²) in [5, 5.41) is 2.49. The number of carbonyl (C=O) groups is 2. The van der Waals surface area contributed by atoms with E-state index >= 15 is 0 Å². The van der Waals surface area contributed by atoms with Gasteiger partial charge >= 0.3 is 12.7 Å². The van der Waals surface area contributed by atoms with Crippen molar-refractivity contribution in [2.75, 3.05) is 5.32 Å². The summed E-state index contributed by atoms with van der Waals surface area (Å²) < 4.78 is 35.8. The summed E-state index contributed by atoms with van der Waals surface area (Å²) in [6.07, 6.45) is 4.30. The first kappa shape index (κ1) is 20.6. The van der Waals surface area contributed by atoms with Crippen LogP contribution in [0.25, 0.3) is 11.3 Å². The van der Waals surface area contributed by atoms with E-state index in [0.29, 0.717) is 12.0 Å². The molecule has 0 bridgehead atoms. The predicted octanol–water partition coefficient (Wildman–Crippen LogP) is 4.78. The van der Waals surface area contributed by atoms with Crippen molar-refractivity contribution in [2.45, 2.75) is 51.7 Å². The summed E-state index contributed by atoms with van der Waals surface area (Å²) in [5.74, 6) is 0.102. The number of hydrogen-bond acceptors (Lipinski definition) is 6. The molecule has 1 aliphatic carbocycles. The van der Waals surface area contributed by atoms with E-state index in [1.807, 2.05) is 0 Å². The Hall–Kier alpha value is -3.10. The summed E-state index contributed by atoms with van der Waals surface area (Å²) in [6, 6.07) is 2.86. The van der Waals surface area contributed by atoms with Crippen LogP contribution in [0.5, 0.6) is 5.75 Å². The number of anilines is 1. The van der Waals surface area contributed by atoms with Crippen molar-refractivity contribution in [3.05, 3.63) is 35.8 Å². The molecule has 0 aliphatic heterocycles. The van der Waals surface area contributed by atoms with Gasteiger partial charge in [0, 0.05) is 30.1 Å². The second-order valence-electron chi connectivity index (χ2n) is 7.62. The lowest BCUT2D eigenvalue weighted by Gasteiger charge is -2.20. The van der Waals surface area contributed by atoms with Crippen molar-refractivity contribution in [2.24, 2.45) is 0 Å². The lowest BCUT2D eigenvalue weighted by atomic mass is 10.0. The topological polar surface area (TPSA) is 90.4 Å². The summed E-state index contributed by atoms with van der Waals surface area (Å²) in [4.78, 5) is 32.3. The minimum atomic E-state index is -3.05. The number of alkyl halides is 2. The van der Waals surface area contributed by atoms with Gasteiger partial charge in [0.15, 0.2) is 6.29 Å². The Morgan fingerprint density at radius 3 is 2.62 bits per heavy atom. The Kier molecular flexibility index (Phi) is 5.76. The third-order valence-corrected chi connectivity index (χ3v) is 4.10. The molecular weight excluding hydrogens is 384 g/mol. The van der Waals surface area contributed by atoms with Gasteiger partial charge in [0.05, 0.1) is 22.5 Å². The molecule has 2 heterocycles. The highest BCUT2D eigenvalue weighted by molar-refractivity contribution is 5.98. The SMILES string of the molecule is CC(C)(C)OC(=O)Nc1ccnc(-c2cnc(C3CC3)cc2OC(F)F)c1C=O. The Labute approximate surface area is 166 Å². The van der Waals surface area contributed by atoms with Gasteiger partial charge in [0.25, 0.3) is 0 Å². The summed E-state index contributed by atoms with van der Waals surface area (Å²) in [7, 11) is 0. The van der Waals surface area contributed by atoms with Crippen molar-refractivity contribution in [3.63, 3.8) is 0 Å². The molecule has 1 amide bonds. The van der Waals surface area contributed by atoms with Crippen LogP contribution in [0.15, 0.2) is 24.5 Å². The normalized spacial score (nSPS) is 13.9. The van der Waals surface area contributed by atoms with E-state index in [4.69, 9.17) is 4.74 Å². The van der Waals surface area contributed by atoms with Crippen LogP contribution >= 0.6 is 0 Å². The van der Waals surface area contributed by atoms with E-state index < -0.39 is 18.3 Å². The van der Waals surface area contributed by atoms with E-state index in [2.05, 4.69) is 20.0 Å². The zero-order valence-electron chi connectivity index (χ0n) is 16.2. The number of pyridine rings is 2. The number of aldehydes is 1. The zero-order chi connectivity index (χ0) is 21.2. The number of hydrogen-bond donors (Lipinski definition) is 1. The van der Waals surface area contributed by atoms with Crippen LogP contribution in [-0.2, 0) is 4.74 Å². The van der Waals surface area contributed by atoms with Crippen LogP contribution in [0.4, 0.5) is 19.3 Å². The summed E-state index contributed by atoms with van der Waals surface area (Å²) in [6.45, 7) is 2.05. The van der Waals surface area contributed by atoms with E-state index in [1.165, 1.54) is 24.5 Å². The highest BCUT2D eigenvalue weighted by Gasteiger charge is 2.28. The monoisotopic (exact) mass is 405 g/mol. The predicted molar refractivity (Wildman–Crippen MR) is 101 cm³/mol. The van der Waals surface area contributed by atoms with E-state index in [-0.39, 0.29) is 34.2 Å². The lowest BCUT2D eigenvalue weighted by molar-refractivity contribution is -0.0495. The summed E-state index contributed by atoms with van der Waals surface area (Å²) in [5.41, 5.74) is 0.248. The number of nitrogens with zero attached hydrogens (tertiary/aromatic N) is 2. The molecule has 154 valence electrons. The molecule has 2 aromatic heterocycles. The van der Waals surface area contributed by atoms with Gasteiger partial charge in [-0.15, -0.1) is 0 Å². The molecule has 7 nitrogen and oxygen atoms in total. The number of rotatable bonds is 6. The van der Waals surface area contributed by atoms with E-state index in [0.717, 1.165) is 12.8 Å². The van der Waals surface area contributed by atoms with Gasteiger partial charge in [0.1, 0.15) is 11.4 Å². The van der Waals surface area contributed by atoms with E-state index in [1.54, 1.807) is 20.8 Å². The molecule has 0 atom stereocenters. The molecular formula is C20H21F2N3O4.